The van der Waals surface area contributed by atoms with Crippen LogP contribution in [0.3, 0.4) is 0 Å². The highest BCUT2D eigenvalue weighted by atomic mass is 16.2. The van der Waals surface area contributed by atoms with Gasteiger partial charge in [-0.15, -0.1) is 0 Å². The molecule has 4 N–H and O–H groups in total. The van der Waals surface area contributed by atoms with Crippen molar-refractivity contribution in [2.75, 3.05) is 18.4 Å². The monoisotopic (exact) mass is 274 g/mol. The number of nitrogens with two attached hydrogens (primary N) is 1. The molecule has 1 aliphatic heterocycles. The Morgan fingerprint density at radius 1 is 1.35 bits per heavy atom. The summed E-state index contributed by atoms with van der Waals surface area (Å²) >= 11 is 0. The zero-order valence-electron chi connectivity index (χ0n) is 11.6. The fraction of sp³-hybridized carbons (Fsp3) is 0.533. The number of amides is 2. The molecule has 1 atom stereocenters. The number of benzene rings is 1. The van der Waals surface area contributed by atoms with Gasteiger partial charge in [-0.25, -0.2) is 4.79 Å². The van der Waals surface area contributed by atoms with Gasteiger partial charge in [-0.3, -0.25) is 4.90 Å². The van der Waals surface area contributed by atoms with E-state index in [9.17, 15) is 4.79 Å². The summed E-state index contributed by atoms with van der Waals surface area (Å²) in [6.07, 6.45) is 3.70. The molecule has 5 nitrogen and oxygen atoms in total. The number of hydrogen-bond acceptors (Lipinski definition) is 3. The molecule has 1 aromatic carbocycles. The first-order valence-corrected chi connectivity index (χ1v) is 7.35. The summed E-state index contributed by atoms with van der Waals surface area (Å²) in [5.74, 6) is 0. The molecule has 1 saturated heterocycles. The van der Waals surface area contributed by atoms with Crippen LogP contribution in [0.4, 0.5) is 10.5 Å². The lowest BCUT2D eigenvalue weighted by atomic mass is 10.2. The number of hydrogen-bond donors (Lipinski definition) is 3. The summed E-state index contributed by atoms with van der Waals surface area (Å²) in [6, 6.07) is 8.57. The minimum atomic E-state index is -0.123. The highest BCUT2D eigenvalue weighted by Gasteiger charge is 2.34. The van der Waals surface area contributed by atoms with E-state index in [4.69, 9.17) is 5.73 Å². The van der Waals surface area contributed by atoms with Gasteiger partial charge in [0.1, 0.15) is 0 Å². The van der Waals surface area contributed by atoms with E-state index in [1.165, 1.54) is 12.8 Å². The summed E-state index contributed by atoms with van der Waals surface area (Å²) < 4.78 is 0. The molecule has 0 bridgehead atoms. The van der Waals surface area contributed by atoms with Gasteiger partial charge in [0.2, 0.25) is 0 Å². The Bertz CT molecular complexity index is 487. The molecule has 2 amide bonds. The summed E-state index contributed by atoms with van der Waals surface area (Å²) in [5.41, 5.74) is 7.41. The maximum Gasteiger partial charge on any atom is 0.319 e. The van der Waals surface area contributed by atoms with E-state index in [1.807, 2.05) is 24.3 Å². The molecular weight excluding hydrogens is 252 g/mol. The maximum absolute atomic E-state index is 12.0. The van der Waals surface area contributed by atoms with Crippen LogP contribution in [0.15, 0.2) is 24.3 Å². The quantitative estimate of drug-likeness (QED) is 0.779. The van der Waals surface area contributed by atoms with Crippen molar-refractivity contribution in [3.8, 4) is 0 Å². The lowest BCUT2D eigenvalue weighted by Crippen LogP contribution is -2.40. The Kier molecular flexibility index (Phi) is 3.89. The first-order valence-electron chi connectivity index (χ1n) is 7.35. The van der Waals surface area contributed by atoms with Crippen LogP contribution >= 0.6 is 0 Å². The van der Waals surface area contributed by atoms with Gasteiger partial charge in [0.25, 0.3) is 0 Å². The molecule has 5 heteroatoms. The minimum Gasteiger partial charge on any atom is -0.334 e. The van der Waals surface area contributed by atoms with E-state index in [0.717, 1.165) is 36.8 Å². The van der Waals surface area contributed by atoms with Gasteiger partial charge in [0.05, 0.1) is 0 Å². The van der Waals surface area contributed by atoms with Crippen molar-refractivity contribution in [3.63, 3.8) is 0 Å². The number of nitrogens with zero attached hydrogens (tertiary/aromatic N) is 1. The van der Waals surface area contributed by atoms with Crippen molar-refractivity contribution in [1.29, 1.82) is 0 Å². The Hall–Kier alpha value is -1.59. The molecule has 1 aromatic rings. The number of likely N-dealkylation sites (tertiary alicyclic amines) is 1. The maximum atomic E-state index is 12.0. The van der Waals surface area contributed by atoms with Crippen molar-refractivity contribution in [2.24, 2.45) is 5.73 Å². The Balaban J connectivity index is 1.49. The Morgan fingerprint density at radius 3 is 2.95 bits per heavy atom. The molecule has 1 saturated carbocycles. The standard InChI is InChI=1S/C15H22N4O/c16-9-11-2-1-3-12(8-11)17-15(20)18-13-6-7-19(10-13)14-4-5-14/h1-3,8,13-14H,4-7,9-10,16H2,(H2,17,18,20). The van der Waals surface area contributed by atoms with E-state index in [2.05, 4.69) is 15.5 Å². The number of anilines is 1. The molecule has 3 rings (SSSR count). The van der Waals surface area contributed by atoms with Crippen LogP contribution in [0.1, 0.15) is 24.8 Å². The molecule has 1 aliphatic carbocycles. The van der Waals surface area contributed by atoms with Crippen LogP contribution in [-0.4, -0.2) is 36.1 Å². The third kappa shape index (κ3) is 3.29. The number of rotatable bonds is 4. The molecular formula is C15H22N4O. The Morgan fingerprint density at radius 2 is 2.20 bits per heavy atom. The van der Waals surface area contributed by atoms with Crippen molar-refractivity contribution in [1.82, 2.24) is 10.2 Å². The van der Waals surface area contributed by atoms with Crippen LogP contribution < -0.4 is 16.4 Å². The minimum absolute atomic E-state index is 0.123. The fourth-order valence-corrected chi connectivity index (χ4v) is 2.81. The van der Waals surface area contributed by atoms with Gasteiger partial charge in [0.15, 0.2) is 0 Å². The summed E-state index contributed by atoms with van der Waals surface area (Å²) in [7, 11) is 0. The van der Waals surface area contributed by atoms with Crippen LogP contribution in [0.2, 0.25) is 0 Å². The average molecular weight is 274 g/mol. The van der Waals surface area contributed by atoms with Gasteiger partial charge in [-0.2, -0.15) is 0 Å². The van der Waals surface area contributed by atoms with E-state index < -0.39 is 0 Å². The van der Waals surface area contributed by atoms with Crippen molar-refractivity contribution in [2.45, 2.75) is 37.9 Å². The molecule has 2 aliphatic rings. The third-order valence-electron chi connectivity index (χ3n) is 4.04. The molecule has 0 spiro atoms. The number of carbonyl (C=O) groups is 1. The summed E-state index contributed by atoms with van der Waals surface area (Å²) in [4.78, 5) is 14.5. The normalized spacial score (nSPS) is 22.8. The second-order valence-electron chi connectivity index (χ2n) is 5.71. The third-order valence-corrected chi connectivity index (χ3v) is 4.04. The Labute approximate surface area is 119 Å². The van der Waals surface area contributed by atoms with E-state index in [1.54, 1.807) is 0 Å². The van der Waals surface area contributed by atoms with Crippen molar-refractivity contribution >= 4 is 11.7 Å². The number of urea groups is 1. The van der Waals surface area contributed by atoms with Crippen LogP contribution in [0.25, 0.3) is 0 Å². The number of carbonyl (C=O) groups excluding carboxylic acids is 1. The highest BCUT2D eigenvalue weighted by Crippen LogP contribution is 2.29. The smallest absolute Gasteiger partial charge is 0.319 e. The SMILES string of the molecule is NCc1cccc(NC(=O)NC2CCN(C3CC3)C2)c1. The predicted molar refractivity (Wildman–Crippen MR) is 79.5 cm³/mol. The van der Waals surface area contributed by atoms with Gasteiger partial charge >= 0.3 is 6.03 Å². The van der Waals surface area contributed by atoms with Crippen LogP contribution in [-0.2, 0) is 6.54 Å². The molecule has 108 valence electrons. The topological polar surface area (TPSA) is 70.4 Å². The zero-order valence-corrected chi connectivity index (χ0v) is 11.6. The largest absolute Gasteiger partial charge is 0.334 e. The lowest BCUT2D eigenvalue weighted by molar-refractivity contribution is 0.247. The van der Waals surface area contributed by atoms with Crippen molar-refractivity contribution in [3.05, 3.63) is 29.8 Å². The fourth-order valence-electron chi connectivity index (χ4n) is 2.81. The van der Waals surface area contributed by atoms with Gasteiger partial charge < -0.3 is 16.4 Å². The van der Waals surface area contributed by atoms with Gasteiger partial charge in [-0.1, -0.05) is 12.1 Å². The molecule has 0 radical (unpaired) electrons. The van der Waals surface area contributed by atoms with Crippen LogP contribution in [0.5, 0.6) is 0 Å². The molecule has 1 heterocycles. The van der Waals surface area contributed by atoms with E-state index in [0.29, 0.717) is 6.54 Å². The summed E-state index contributed by atoms with van der Waals surface area (Å²) in [6.45, 7) is 2.58. The van der Waals surface area contributed by atoms with Gasteiger partial charge in [-0.05, 0) is 37.0 Å². The zero-order chi connectivity index (χ0) is 13.9. The first-order chi connectivity index (χ1) is 9.74. The van der Waals surface area contributed by atoms with Gasteiger partial charge in [0, 0.05) is 37.4 Å². The average Bonchev–Trinajstić information content (AvgIpc) is 3.20. The molecule has 0 aromatic heterocycles. The van der Waals surface area contributed by atoms with Crippen LogP contribution in [0, 0.1) is 0 Å². The summed E-state index contributed by atoms with van der Waals surface area (Å²) in [5, 5.41) is 5.93. The predicted octanol–water partition coefficient (Wildman–Crippen LogP) is 1.50. The highest BCUT2D eigenvalue weighted by molar-refractivity contribution is 5.89. The second-order valence-corrected chi connectivity index (χ2v) is 5.71. The molecule has 1 unspecified atom stereocenters. The van der Waals surface area contributed by atoms with E-state index in [-0.39, 0.29) is 12.1 Å². The van der Waals surface area contributed by atoms with E-state index >= 15 is 0 Å². The second kappa shape index (κ2) is 5.81. The number of nitrogens with one attached hydrogen (secondary N) is 2. The van der Waals surface area contributed by atoms with Crippen molar-refractivity contribution < 1.29 is 4.79 Å². The first kappa shape index (κ1) is 13.4. The lowest BCUT2D eigenvalue weighted by Gasteiger charge is -2.16. The molecule has 2 fully saturated rings. The molecule has 20 heavy (non-hydrogen) atoms.